The molecule has 0 bridgehead atoms. The van der Waals surface area contributed by atoms with Crippen LogP contribution in [0.5, 0.6) is 0 Å². The Balaban J connectivity index is 1.83. The summed E-state index contributed by atoms with van der Waals surface area (Å²) in [6.45, 7) is 4.21. The Bertz CT molecular complexity index is 619. The van der Waals surface area contributed by atoms with Crippen LogP contribution in [0.15, 0.2) is 24.3 Å². The molecule has 124 valence electrons. The van der Waals surface area contributed by atoms with Gasteiger partial charge in [-0.05, 0) is 26.5 Å². The van der Waals surface area contributed by atoms with Crippen molar-refractivity contribution in [1.29, 1.82) is 0 Å². The summed E-state index contributed by atoms with van der Waals surface area (Å²) in [5.74, 6) is -0.249. The van der Waals surface area contributed by atoms with Crippen molar-refractivity contribution in [3.8, 4) is 0 Å². The molecule has 2 aliphatic rings. The molecular weight excluding hydrogens is 294 g/mol. The van der Waals surface area contributed by atoms with Crippen LogP contribution in [0.2, 0.25) is 0 Å². The van der Waals surface area contributed by atoms with E-state index in [4.69, 9.17) is 4.74 Å². The van der Waals surface area contributed by atoms with Crippen LogP contribution >= 0.6 is 0 Å². The highest BCUT2D eigenvalue weighted by Gasteiger charge is 2.44. The summed E-state index contributed by atoms with van der Waals surface area (Å²) in [4.78, 5) is 26.8. The molecule has 23 heavy (non-hydrogen) atoms. The number of hydrogen-bond acceptors (Lipinski definition) is 4. The molecule has 6 heteroatoms. The maximum absolute atomic E-state index is 13.0. The summed E-state index contributed by atoms with van der Waals surface area (Å²) in [6.07, 6.45) is 0.139. The molecule has 2 N–H and O–H groups in total. The number of benzene rings is 1. The van der Waals surface area contributed by atoms with Gasteiger partial charge in [-0.1, -0.05) is 24.3 Å². The fraction of sp³-hybridized carbons (Fsp3) is 0.529. The van der Waals surface area contributed by atoms with E-state index in [0.29, 0.717) is 13.0 Å². The molecule has 1 saturated heterocycles. The Morgan fingerprint density at radius 1 is 1.35 bits per heavy atom. The minimum atomic E-state index is -0.542. The molecule has 2 aliphatic heterocycles. The SMILES string of the molecule is CN[C@@H](C)C(=O)N[C@H]1CCO[C@H]2c3ccccc3C(C)N2C1=O. The lowest BCUT2D eigenvalue weighted by Gasteiger charge is -2.29. The Morgan fingerprint density at radius 3 is 2.74 bits per heavy atom. The molecule has 3 rings (SSSR count). The molecule has 0 aliphatic carbocycles. The molecule has 0 saturated carbocycles. The largest absolute Gasteiger partial charge is 0.354 e. The summed E-state index contributed by atoms with van der Waals surface area (Å²) in [7, 11) is 1.72. The van der Waals surface area contributed by atoms with Gasteiger partial charge >= 0.3 is 0 Å². The van der Waals surface area contributed by atoms with Crippen LogP contribution < -0.4 is 10.6 Å². The van der Waals surface area contributed by atoms with E-state index < -0.39 is 6.04 Å². The third-order valence-electron chi connectivity index (χ3n) is 4.76. The first-order valence-electron chi connectivity index (χ1n) is 8.04. The summed E-state index contributed by atoms with van der Waals surface area (Å²) in [6, 6.07) is 7.04. The second-order valence-corrected chi connectivity index (χ2v) is 6.13. The lowest BCUT2D eigenvalue weighted by atomic mass is 10.1. The second kappa shape index (κ2) is 6.29. The van der Waals surface area contributed by atoms with E-state index in [0.717, 1.165) is 11.1 Å². The summed E-state index contributed by atoms with van der Waals surface area (Å²) in [5, 5.41) is 5.73. The van der Waals surface area contributed by atoms with Gasteiger partial charge in [-0.3, -0.25) is 9.59 Å². The third kappa shape index (κ3) is 2.72. The number of nitrogens with one attached hydrogen (secondary N) is 2. The van der Waals surface area contributed by atoms with Crippen LogP contribution in [-0.4, -0.2) is 42.5 Å². The topological polar surface area (TPSA) is 70.7 Å². The fourth-order valence-corrected chi connectivity index (χ4v) is 3.26. The molecule has 0 radical (unpaired) electrons. The Kier molecular flexibility index (Phi) is 4.37. The predicted octanol–water partition coefficient (Wildman–Crippen LogP) is 1.10. The van der Waals surface area contributed by atoms with E-state index in [1.807, 2.05) is 31.2 Å². The minimum Gasteiger partial charge on any atom is -0.354 e. The van der Waals surface area contributed by atoms with Crippen LogP contribution in [-0.2, 0) is 14.3 Å². The van der Waals surface area contributed by atoms with Gasteiger partial charge in [-0.25, -0.2) is 0 Å². The number of ether oxygens (including phenoxy) is 1. The maximum Gasteiger partial charge on any atom is 0.248 e. The molecule has 1 fully saturated rings. The smallest absolute Gasteiger partial charge is 0.248 e. The molecule has 1 unspecified atom stereocenters. The number of amides is 2. The molecule has 4 atom stereocenters. The van der Waals surface area contributed by atoms with Gasteiger partial charge in [-0.15, -0.1) is 0 Å². The number of rotatable bonds is 3. The van der Waals surface area contributed by atoms with Gasteiger partial charge in [0.15, 0.2) is 6.23 Å². The summed E-state index contributed by atoms with van der Waals surface area (Å²) >= 11 is 0. The number of fused-ring (bicyclic) bond motifs is 3. The van der Waals surface area contributed by atoms with Crippen molar-refractivity contribution < 1.29 is 14.3 Å². The zero-order valence-corrected chi connectivity index (χ0v) is 13.7. The van der Waals surface area contributed by atoms with Crippen LogP contribution in [0.4, 0.5) is 0 Å². The van der Waals surface area contributed by atoms with Gasteiger partial charge in [0, 0.05) is 12.0 Å². The van der Waals surface area contributed by atoms with E-state index in [1.54, 1.807) is 18.9 Å². The van der Waals surface area contributed by atoms with Gasteiger partial charge in [0.25, 0.3) is 0 Å². The molecule has 0 aromatic heterocycles. The quantitative estimate of drug-likeness (QED) is 0.876. The first-order chi connectivity index (χ1) is 11.0. The minimum absolute atomic E-state index is 0.0528. The average molecular weight is 317 g/mol. The highest BCUT2D eigenvalue weighted by atomic mass is 16.5. The Labute approximate surface area is 136 Å². The number of likely N-dealkylation sites (N-methyl/N-ethyl adjacent to an activating group) is 1. The van der Waals surface area contributed by atoms with E-state index >= 15 is 0 Å². The number of carbonyl (C=O) groups excluding carboxylic acids is 2. The molecule has 0 spiro atoms. The monoisotopic (exact) mass is 317 g/mol. The highest BCUT2D eigenvalue weighted by Crippen LogP contribution is 2.43. The molecule has 1 aromatic rings. The van der Waals surface area contributed by atoms with Gasteiger partial charge in [0.05, 0.1) is 18.7 Å². The highest BCUT2D eigenvalue weighted by molar-refractivity contribution is 5.90. The van der Waals surface area contributed by atoms with Crippen LogP contribution in [0, 0.1) is 0 Å². The van der Waals surface area contributed by atoms with Crippen LogP contribution in [0.25, 0.3) is 0 Å². The number of carbonyl (C=O) groups is 2. The predicted molar refractivity (Wildman–Crippen MR) is 85.5 cm³/mol. The summed E-state index contributed by atoms with van der Waals surface area (Å²) in [5.41, 5.74) is 2.16. The van der Waals surface area contributed by atoms with Crippen molar-refractivity contribution in [3.05, 3.63) is 35.4 Å². The third-order valence-corrected chi connectivity index (χ3v) is 4.76. The van der Waals surface area contributed by atoms with Gasteiger partial charge < -0.3 is 20.3 Å². The molecule has 6 nitrogen and oxygen atoms in total. The van der Waals surface area contributed by atoms with E-state index in [1.165, 1.54) is 0 Å². The second-order valence-electron chi connectivity index (χ2n) is 6.13. The van der Waals surface area contributed by atoms with E-state index in [-0.39, 0.29) is 30.1 Å². The first kappa shape index (κ1) is 16.0. The van der Waals surface area contributed by atoms with Gasteiger partial charge in [0.2, 0.25) is 11.8 Å². The van der Waals surface area contributed by atoms with E-state index in [2.05, 4.69) is 10.6 Å². The molecule has 2 heterocycles. The fourth-order valence-electron chi connectivity index (χ4n) is 3.26. The number of nitrogens with zero attached hydrogens (tertiary/aromatic N) is 1. The standard InChI is InChI=1S/C17H23N3O3/c1-10(18-3)15(21)19-14-8-9-23-17-13-7-5-4-6-12(13)11(2)20(17)16(14)22/h4-7,10-11,14,17-18H,8-9H2,1-3H3,(H,19,21)/t10-,11?,14-,17-/m0/s1. The van der Waals surface area contributed by atoms with Crippen molar-refractivity contribution in [2.75, 3.05) is 13.7 Å². The lowest BCUT2D eigenvalue weighted by Crippen LogP contribution is -2.51. The van der Waals surface area contributed by atoms with E-state index in [9.17, 15) is 9.59 Å². The zero-order valence-electron chi connectivity index (χ0n) is 13.7. The molecular formula is C17H23N3O3. The maximum atomic E-state index is 13.0. The van der Waals surface area contributed by atoms with Crippen molar-refractivity contribution in [2.45, 2.75) is 44.6 Å². The van der Waals surface area contributed by atoms with Crippen LogP contribution in [0.1, 0.15) is 43.7 Å². The average Bonchev–Trinajstić information content (AvgIpc) is 2.74. The molecule has 1 aromatic carbocycles. The van der Waals surface area contributed by atoms with Crippen molar-refractivity contribution in [2.24, 2.45) is 0 Å². The normalized spacial score (nSPS) is 27.9. The first-order valence-corrected chi connectivity index (χ1v) is 8.04. The number of hydrogen-bond donors (Lipinski definition) is 2. The van der Waals surface area contributed by atoms with Crippen molar-refractivity contribution in [1.82, 2.24) is 15.5 Å². The molecule has 2 amide bonds. The van der Waals surface area contributed by atoms with Gasteiger partial charge in [0.1, 0.15) is 6.04 Å². The van der Waals surface area contributed by atoms with Crippen molar-refractivity contribution in [3.63, 3.8) is 0 Å². The Hall–Kier alpha value is -1.92. The van der Waals surface area contributed by atoms with Crippen molar-refractivity contribution >= 4 is 11.8 Å². The zero-order chi connectivity index (χ0) is 16.6. The summed E-state index contributed by atoms with van der Waals surface area (Å²) < 4.78 is 5.93. The lowest BCUT2D eigenvalue weighted by molar-refractivity contribution is -0.146. The van der Waals surface area contributed by atoms with Crippen LogP contribution in [0.3, 0.4) is 0 Å². The Morgan fingerprint density at radius 2 is 2.04 bits per heavy atom. The van der Waals surface area contributed by atoms with Gasteiger partial charge in [-0.2, -0.15) is 0 Å².